The Labute approximate surface area is 406 Å². The van der Waals surface area contributed by atoms with Crippen molar-refractivity contribution in [1.29, 1.82) is 0 Å². The fourth-order valence-electron chi connectivity index (χ4n) is 17.9. The van der Waals surface area contributed by atoms with Crippen LogP contribution in [0, 0.1) is 85.7 Å². The zero-order chi connectivity index (χ0) is 48.2. The van der Waals surface area contributed by atoms with E-state index in [1.807, 2.05) is 36.5 Å². The van der Waals surface area contributed by atoms with Crippen molar-refractivity contribution in [3.63, 3.8) is 0 Å². The summed E-state index contributed by atoms with van der Waals surface area (Å²) in [5.74, 6) is 2.88. The van der Waals surface area contributed by atoms with Crippen molar-refractivity contribution < 1.29 is 28.2 Å². The number of nitrogens with one attached hydrogen (secondary N) is 1. The number of carbonyl (C=O) groups excluding carboxylic acids is 3. The molecule has 68 heavy (non-hydrogen) atoms. The van der Waals surface area contributed by atoms with Gasteiger partial charge in [0.1, 0.15) is 24.4 Å². The van der Waals surface area contributed by atoms with Crippen molar-refractivity contribution in [3.05, 3.63) is 78.0 Å². The molecule has 2 heterocycles. The lowest BCUT2D eigenvalue weighted by molar-refractivity contribution is -0.253. The third-order valence-corrected chi connectivity index (χ3v) is 22.2. The van der Waals surface area contributed by atoms with Crippen LogP contribution in [0.2, 0.25) is 0 Å². The number of likely N-dealkylation sites (tertiary alicyclic amines) is 1. The van der Waals surface area contributed by atoms with Crippen LogP contribution in [0.3, 0.4) is 0 Å². The van der Waals surface area contributed by atoms with Crippen molar-refractivity contribution >= 4 is 17.8 Å². The first kappa shape index (κ1) is 47.7. The number of hydrogen-bond acceptors (Lipinski definition) is 6. The van der Waals surface area contributed by atoms with E-state index in [0.29, 0.717) is 54.3 Å². The molecule has 8 nitrogen and oxygen atoms in total. The average Bonchev–Trinajstić information content (AvgIpc) is 4.09. The second-order valence-corrected chi connectivity index (χ2v) is 25.2. The number of aromatic amines is 1. The number of benzene rings is 2. The minimum Gasteiger partial charge on any atom is -0.462 e. The number of amides is 1. The highest BCUT2D eigenvalue weighted by atomic mass is 19.1. The standard InChI is InChI=1S/C59H80FN3O5/c1-10-55(6)42(51(64)67-35-37-15-12-11-13-16-37)33-43(55)52(65)68-48-26-27-56(7)46(54(48,4)5)25-28-58(9)47(56)23-22-41-49-40(36(2)3)24-29-59(49,31-30-57(41,58)8)53(66)63-32-14-17-45(63)50-61-34-44(62-50)38-18-20-39(60)21-19-38/h11-13,15-16,18-21,34,36,40-43,45-49H,10,14,17,22-33,35H2,1-9H3,(H,61,62)/t40-,41+,42-,43+,45?,46?,47?,48-,49?,55?,56-,57+,58+,59-/m0/s1. The number of halogens is 1. The molecular weight excluding hydrogens is 850 g/mol. The molecule has 10 rings (SSSR count). The Morgan fingerprint density at radius 1 is 0.809 bits per heavy atom. The predicted molar refractivity (Wildman–Crippen MR) is 263 cm³/mol. The van der Waals surface area contributed by atoms with Gasteiger partial charge in [0.15, 0.2) is 0 Å². The monoisotopic (exact) mass is 930 g/mol. The van der Waals surface area contributed by atoms with Crippen molar-refractivity contribution in [1.82, 2.24) is 14.9 Å². The number of fused-ring (bicyclic) bond motifs is 7. The highest BCUT2D eigenvalue weighted by molar-refractivity contribution is 5.85. The van der Waals surface area contributed by atoms with Crippen molar-refractivity contribution in [3.8, 4) is 11.3 Å². The fraction of sp³-hybridized carbons (Fsp3) is 0.695. The molecule has 7 aliphatic rings. The molecule has 6 aliphatic carbocycles. The molecule has 5 unspecified atom stereocenters. The number of nitrogens with zero attached hydrogens (tertiary/aromatic N) is 2. The Morgan fingerprint density at radius 3 is 2.26 bits per heavy atom. The van der Waals surface area contributed by atoms with Gasteiger partial charge in [-0.15, -0.1) is 0 Å². The molecule has 6 saturated carbocycles. The van der Waals surface area contributed by atoms with Crippen LogP contribution in [0.4, 0.5) is 4.39 Å². The summed E-state index contributed by atoms with van der Waals surface area (Å²) in [5, 5.41) is 0. The molecule has 7 fully saturated rings. The maximum Gasteiger partial charge on any atom is 0.309 e. The highest BCUT2D eigenvalue weighted by Crippen LogP contribution is 2.78. The van der Waals surface area contributed by atoms with E-state index in [9.17, 15) is 14.0 Å². The average molecular weight is 930 g/mol. The van der Waals surface area contributed by atoms with Crippen molar-refractivity contribution in [2.24, 2.45) is 79.8 Å². The summed E-state index contributed by atoms with van der Waals surface area (Å²) in [6.07, 6.45) is 15.5. The van der Waals surface area contributed by atoms with E-state index >= 15 is 4.79 Å². The molecule has 3 aromatic rings. The molecule has 14 atom stereocenters. The van der Waals surface area contributed by atoms with Crippen LogP contribution in [0.25, 0.3) is 11.3 Å². The number of aromatic nitrogens is 2. The van der Waals surface area contributed by atoms with Crippen molar-refractivity contribution in [2.45, 2.75) is 171 Å². The van der Waals surface area contributed by atoms with Crippen LogP contribution in [0.5, 0.6) is 0 Å². The number of ether oxygens (including phenoxy) is 2. The molecule has 0 bridgehead atoms. The molecule has 368 valence electrons. The van der Waals surface area contributed by atoms with Gasteiger partial charge in [-0.1, -0.05) is 92.6 Å². The first-order valence-electron chi connectivity index (χ1n) is 26.9. The van der Waals surface area contributed by atoms with Gasteiger partial charge in [0, 0.05) is 12.0 Å². The normalized spacial score (nSPS) is 40.3. The maximum atomic E-state index is 15.7. The van der Waals surface area contributed by atoms with Gasteiger partial charge in [0.05, 0.1) is 35.2 Å². The van der Waals surface area contributed by atoms with Gasteiger partial charge >= 0.3 is 11.9 Å². The second kappa shape index (κ2) is 17.1. The lowest BCUT2D eigenvalue weighted by Crippen LogP contribution is -2.67. The Hall–Kier alpha value is -4.01. The third-order valence-electron chi connectivity index (χ3n) is 22.2. The summed E-state index contributed by atoms with van der Waals surface area (Å²) in [6, 6.07) is 16.2. The largest absolute Gasteiger partial charge is 0.462 e. The van der Waals surface area contributed by atoms with Gasteiger partial charge in [-0.3, -0.25) is 14.4 Å². The fourth-order valence-corrected chi connectivity index (χ4v) is 17.9. The summed E-state index contributed by atoms with van der Waals surface area (Å²) in [4.78, 5) is 54.0. The lowest BCUT2D eigenvalue weighted by atomic mass is 9.32. The van der Waals surface area contributed by atoms with Crippen LogP contribution < -0.4 is 0 Å². The van der Waals surface area contributed by atoms with E-state index in [0.717, 1.165) is 87.0 Å². The first-order chi connectivity index (χ1) is 32.3. The first-order valence-corrected chi connectivity index (χ1v) is 26.9. The zero-order valence-corrected chi connectivity index (χ0v) is 42.7. The van der Waals surface area contributed by atoms with Gasteiger partial charge in [0.25, 0.3) is 0 Å². The van der Waals surface area contributed by atoms with Gasteiger partial charge < -0.3 is 19.4 Å². The van der Waals surface area contributed by atoms with Crippen LogP contribution in [-0.4, -0.2) is 45.4 Å². The summed E-state index contributed by atoms with van der Waals surface area (Å²) in [5.41, 5.74) is 2.07. The van der Waals surface area contributed by atoms with Gasteiger partial charge in [-0.2, -0.15) is 0 Å². The molecule has 2 aromatic carbocycles. The quantitative estimate of drug-likeness (QED) is 0.203. The number of hydrogen-bond donors (Lipinski definition) is 1. The summed E-state index contributed by atoms with van der Waals surface area (Å²) in [6.45, 7) is 22.7. The topological polar surface area (TPSA) is 102 Å². The minimum atomic E-state index is -0.485. The smallest absolute Gasteiger partial charge is 0.309 e. The summed E-state index contributed by atoms with van der Waals surface area (Å²) < 4.78 is 26.3. The minimum absolute atomic E-state index is 0.0740. The summed E-state index contributed by atoms with van der Waals surface area (Å²) >= 11 is 0. The molecule has 0 radical (unpaired) electrons. The maximum absolute atomic E-state index is 15.7. The zero-order valence-electron chi connectivity index (χ0n) is 42.7. The molecule has 1 saturated heterocycles. The Bertz CT molecular complexity index is 2380. The lowest BCUT2D eigenvalue weighted by Gasteiger charge is -2.73. The SMILES string of the molecule is CCC1(C)[C@@H](C(=O)O[C@H]2CC[C@@]3(C)C(CC[C@]4(C)C3CC[C@@H]3C5[C@H](C(C)C)CC[C@]5(C(=O)N5CCCC5c5ncc(-c6ccc(F)cc6)[nH]5)CC[C@]34C)C2(C)C)C[C@H]1C(=O)OCc1ccccc1. The van der Waals surface area contributed by atoms with Crippen molar-refractivity contribution in [2.75, 3.05) is 6.54 Å². The van der Waals surface area contributed by atoms with Gasteiger partial charge in [-0.05, 0) is 182 Å². The van der Waals surface area contributed by atoms with Gasteiger partial charge in [-0.25, -0.2) is 9.37 Å². The van der Waals surface area contributed by atoms with Gasteiger partial charge in [0.2, 0.25) is 5.91 Å². The Balaban J connectivity index is 0.850. The summed E-state index contributed by atoms with van der Waals surface area (Å²) in [7, 11) is 0. The van der Waals surface area contributed by atoms with Crippen LogP contribution in [0.15, 0.2) is 60.8 Å². The number of H-pyrrole nitrogens is 1. The third kappa shape index (κ3) is 7.12. The molecule has 1 aliphatic heterocycles. The van der Waals surface area contributed by atoms with E-state index in [1.54, 1.807) is 12.1 Å². The second-order valence-electron chi connectivity index (χ2n) is 25.2. The Morgan fingerprint density at radius 2 is 1.54 bits per heavy atom. The van der Waals surface area contributed by atoms with E-state index < -0.39 is 5.41 Å². The van der Waals surface area contributed by atoms with E-state index in [-0.39, 0.29) is 75.4 Å². The number of esters is 2. The van der Waals surface area contributed by atoms with Crippen LogP contribution >= 0.6 is 0 Å². The van der Waals surface area contributed by atoms with E-state index in [2.05, 4.69) is 72.2 Å². The number of imidazole rings is 1. The molecule has 1 N–H and O–H groups in total. The van der Waals surface area contributed by atoms with Crippen LogP contribution in [-0.2, 0) is 30.5 Å². The molecule has 1 amide bonds. The predicted octanol–water partition coefficient (Wildman–Crippen LogP) is 13.3. The highest BCUT2D eigenvalue weighted by Gasteiger charge is 2.73. The van der Waals surface area contributed by atoms with Crippen LogP contribution in [0.1, 0.15) is 170 Å². The molecule has 1 aromatic heterocycles. The van der Waals surface area contributed by atoms with E-state index in [1.165, 1.54) is 31.4 Å². The number of carbonyl (C=O) groups is 3. The Kier molecular flexibility index (Phi) is 12.0. The molecule has 9 heteroatoms. The number of rotatable bonds is 10. The molecular formula is C59H80FN3O5. The van der Waals surface area contributed by atoms with E-state index in [4.69, 9.17) is 14.5 Å². The molecule has 0 spiro atoms.